The van der Waals surface area contributed by atoms with E-state index in [0.29, 0.717) is 86.9 Å². The zero-order valence-electron chi connectivity index (χ0n) is 59.7. The molecule has 3 heterocycles. The molecule has 2 aromatic heterocycles. The number of aliphatic carboxylic acids is 4. The van der Waals surface area contributed by atoms with Crippen LogP contribution in [-0.4, -0.2) is 316 Å². The molecule has 0 bridgehead atoms. The van der Waals surface area contributed by atoms with Crippen molar-refractivity contribution in [2.75, 3.05) is 163 Å². The molecular formula is C65H93F6N15O21S. The number of sulfonamides is 1. The van der Waals surface area contributed by atoms with Crippen LogP contribution in [0.15, 0.2) is 53.8 Å². The van der Waals surface area contributed by atoms with E-state index in [9.17, 15) is 108 Å². The Hall–Kier alpha value is -9.50. The fourth-order valence-electron chi connectivity index (χ4n) is 10.5. The van der Waals surface area contributed by atoms with Crippen LogP contribution in [-0.2, 0) is 78.7 Å². The van der Waals surface area contributed by atoms with Crippen LogP contribution >= 0.6 is 0 Å². The predicted molar refractivity (Wildman–Crippen MR) is 370 cm³/mol. The lowest BCUT2D eigenvalue weighted by Gasteiger charge is -2.33. The van der Waals surface area contributed by atoms with Gasteiger partial charge in [0.1, 0.15) is 17.8 Å². The number of nitrogens with zero attached hydrogens (tertiary/aromatic N) is 7. The average molecular weight is 1570 g/mol. The number of aromatic nitrogens is 4. The van der Waals surface area contributed by atoms with E-state index in [1.165, 1.54) is 19.2 Å². The zero-order valence-corrected chi connectivity index (χ0v) is 60.5. The lowest BCUT2D eigenvalue weighted by molar-refractivity contribution is -0.193. The molecule has 0 saturated carbocycles. The molecule has 0 spiro atoms. The second-order valence-corrected chi connectivity index (χ2v) is 26.0. The van der Waals surface area contributed by atoms with Crippen LogP contribution in [0, 0.1) is 13.8 Å². The normalized spacial score (nSPS) is 14.3. The summed E-state index contributed by atoms with van der Waals surface area (Å²) >= 11 is 0. The molecule has 43 heteroatoms. The quantitative estimate of drug-likeness (QED) is 0.0157. The fourth-order valence-corrected chi connectivity index (χ4v) is 12.1. The number of fused-ring (bicyclic) bond motifs is 1. The number of ketones is 2. The minimum Gasteiger partial charge on any atom is -0.494 e. The maximum absolute atomic E-state index is 13.6. The molecule has 602 valence electrons. The van der Waals surface area contributed by atoms with Gasteiger partial charge in [-0.1, -0.05) is 0 Å². The number of imidazole rings is 1. The first-order chi connectivity index (χ1) is 51.1. The second-order valence-electron chi connectivity index (χ2n) is 24.4. The Balaban J connectivity index is 0.00000188. The third-order valence-electron chi connectivity index (χ3n) is 15.8. The number of rotatable bonds is 45. The number of hydrogen-bond acceptors (Lipinski definition) is 24. The third kappa shape index (κ3) is 35.0. The number of carboxylic acid groups (broad SMARTS) is 4. The number of Topliss-reactive ketones (excluding diaryl/α,β-unsaturated/α-hetero) is 2. The summed E-state index contributed by atoms with van der Waals surface area (Å²) in [7, 11) is -2.95. The molecule has 5 rings (SSSR count). The summed E-state index contributed by atoms with van der Waals surface area (Å²) in [6, 6.07) is 5.20. The molecule has 4 aromatic rings. The van der Waals surface area contributed by atoms with Gasteiger partial charge in [-0.15, -0.1) is 0 Å². The van der Waals surface area contributed by atoms with Gasteiger partial charge >= 0.3 is 47.8 Å². The number of halogens is 6. The molecule has 12 N–H and O–H groups in total. The summed E-state index contributed by atoms with van der Waals surface area (Å²) in [6.07, 6.45) is -4.33. The maximum atomic E-state index is 13.6. The van der Waals surface area contributed by atoms with E-state index in [0.717, 1.165) is 11.9 Å². The summed E-state index contributed by atoms with van der Waals surface area (Å²) in [5.41, 5.74) is 1.63. The number of nitrogens with one attached hydrogen (secondary N) is 8. The van der Waals surface area contributed by atoms with Gasteiger partial charge in [-0.2, -0.15) is 36.2 Å². The second kappa shape index (κ2) is 46.7. The Kier molecular flexibility index (Phi) is 39.3. The molecule has 108 heavy (non-hydrogen) atoms. The number of H-pyrrole nitrogens is 1. The van der Waals surface area contributed by atoms with Gasteiger partial charge in [0.2, 0.25) is 33.7 Å². The predicted octanol–water partition coefficient (Wildman–Crippen LogP) is -0.00306. The van der Waals surface area contributed by atoms with E-state index in [2.05, 4.69) is 51.7 Å². The van der Waals surface area contributed by atoms with Crippen LogP contribution in [0.2, 0.25) is 0 Å². The molecule has 1 saturated heterocycles. The molecular weight excluding hydrogens is 1470 g/mol. The first kappa shape index (κ1) is 90.9. The monoisotopic (exact) mass is 1570 g/mol. The number of aryl methyl sites for hydroxylation is 3. The molecule has 0 radical (unpaired) electrons. The summed E-state index contributed by atoms with van der Waals surface area (Å²) in [5, 5.41) is 60.1. The van der Waals surface area contributed by atoms with Gasteiger partial charge in [0.15, 0.2) is 5.95 Å². The molecule has 36 nitrogen and oxygen atoms in total. The Morgan fingerprint density at radius 1 is 0.602 bits per heavy atom. The van der Waals surface area contributed by atoms with Crippen LogP contribution in [0.3, 0.4) is 0 Å². The van der Waals surface area contributed by atoms with E-state index in [1.807, 2.05) is 4.68 Å². The molecule has 1 aliphatic heterocycles. The van der Waals surface area contributed by atoms with Crippen molar-refractivity contribution in [1.82, 2.24) is 70.7 Å². The highest BCUT2D eigenvalue weighted by molar-refractivity contribution is 7.89. The standard InChI is InChI=1S/C61H93N15O19S.C4F6O2/c1-43-34-47(35-44(2)57(43)96(90,91)71-49(60(88)89)38-68-58(86)45-9-11-50-46(36-45)37-69-76(50)18-5-13-65-61-66-16-17-67-61)95-29-4-8-52(78)63-14-6-27-92-30-32-94-33-31-93-28-7-15-64-59(87)48(10-12-51(77)62-3)70-53(79)39-72-19-21-73(40-54(80)81)23-25-75(42-56(84)85)26-24-74(22-20-72)41-55(82)83;5-3(6,7)1(11)2(12)4(8,9)10/h9,11,16-17,34-37,48-49,71H,4-8,10,12-15,18-33,38-42H2,1-3H3,(H,62,77)(H,63,78)(H,64,87)(H,68,86)(H,70,79)(H,80,81)(H,82,83)(H,84,85)(H,88,89)(H2,65,66,67);/t48-,49?;/m1./s1. The molecule has 1 unspecified atom stereocenters. The minimum absolute atomic E-state index is 0.00404. The Morgan fingerprint density at radius 2 is 1.12 bits per heavy atom. The van der Waals surface area contributed by atoms with Crippen molar-refractivity contribution < 1.29 is 127 Å². The third-order valence-corrected chi connectivity index (χ3v) is 17.6. The largest absolute Gasteiger partial charge is 0.494 e. The molecule has 1 aliphatic rings. The number of hydrogen-bond donors (Lipinski definition) is 12. The van der Waals surface area contributed by atoms with E-state index < -0.39 is 94.2 Å². The summed E-state index contributed by atoms with van der Waals surface area (Å²) in [4.78, 5) is 145. The number of anilines is 1. The van der Waals surface area contributed by atoms with Gasteiger partial charge < -0.3 is 76.3 Å². The van der Waals surface area contributed by atoms with Crippen LogP contribution in [0.25, 0.3) is 10.9 Å². The number of amides is 5. The van der Waals surface area contributed by atoms with Crippen LogP contribution in [0.4, 0.5) is 32.3 Å². The summed E-state index contributed by atoms with van der Waals surface area (Å²) < 4.78 is 121. The average Bonchev–Trinajstić information content (AvgIpc) is 0.865. The zero-order chi connectivity index (χ0) is 80.0. The van der Waals surface area contributed by atoms with Crippen LogP contribution < -0.4 is 41.4 Å². The maximum Gasteiger partial charge on any atom is 0.458 e. The topological polar surface area (TPSA) is 483 Å². The van der Waals surface area contributed by atoms with Crippen molar-refractivity contribution in [3.63, 3.8) is 0 Å². The highest BCUT2D eigenvalue weighted by Gasteiger charge is 2.54. The van der Waals surface area contributed by atoms with Crippen molar-refractivity contribution in [2.24, 2.45) is 0 Å². The first-order valence-corrected chi connectivity index (χ1v) is 35.6. The first-order valence-electron chi connectivity index (χ1n) is 34.1. The van der Waals surface area contributed by atoms with E-state index in [-0.39, 0.29) is 153 Å². The molecule has 2 atom stereocenters. The van der Waals surface area contributed by atoms with Crippen molar-refractivity contribution in [3.8, 4) is 5.75 Å². The van der Waals surface area contributed by atoms with Gasteiger partial charge in [0, 0.05) is 142 Å². The smallest absolute Gasteiger partial charge is 0.458 e. The van der Waals surface area contributed by atoms with Crippen molar-refractivity contribution in [2.45, 2.75) is 94.7 Å². The van der Waals surface area contributed by atoms with Gasteiger partial charge in [0.25, 0.3) is 5.91 Å². The Morgan fingerprint density at radius 3 is 1.61 bits per heavy atom. The molecule has 0 aliphatic carbocycles. The highest BCUT2D eigenvalue weighted by Crippen LogP contribution is 2.27. The number of carboxylic acids is 4. The number of ether oxygens (including phenoxy) is 4. The Labute approximate surface area is 616 Å². The van der Waals surface area contributed by atoms with E-state index in [4.69, 9.17) is 18.9 Å². The number of carbonyl (C=O) groups is 11. The van der Waals surface area contributed by atoms with Crippen LogP contribution in [0.1, 0.15) is 66.4 Å². The molecule has 2 aromatic carbocycles. The lowest BCUT2D eigenvalue weighted by atomic mass is 10.1. The summed E-state index contributed by atoms with van der Waals surface area (Å²) in [6.45, 7) is 6.84. The van der Waals surface area contributed by atoms with Crippen molar-refractivity contribution in [1.29, 1.82) is 0 Å². The number of benzene rings is 2. The van der Waals surface area contributed by atoms with E-state index in [1.54, 1.807) is 70.2 Å². The summed E-state index contributed by atoms with van der Waals surface area (Å²) in [5.74, 6) is -12.7. The van der Waals surface area contributed by atoms with Gasteiger partial charge in [-0.25, -0.2) is 13.4 Å². The van der Waals surface area contributed by atoms with Crippen molar-refractivity contribution >= 4 is 91.9 Å². The number of carbonyl (C=O) groups excluding carboxylic acids is 7. The van der Waals surface area contributed by atoms with E-state index >= 15 is 0 Å². The minimum atomic E-state index is -5.77. The SMILES string of the molecule is CNC(=O)CC[C@@H](NC(=O)CN1CCN(CC(=O)O)CCN(CC(=O)O)CCN(CC(=O)O)CC1)C(=O)NCCCOCCOCCOCCCNC(=O)CCCOc1cc(C)c(S(=O)(=O)NC(CNC(=O)c2ccc3c(cnn3CCCNc3ncc[nH]3)c2)C(=O)O)c(C)c1.O=C(C(=O)C(F)(F)F)C(F)(F)F. The number of alkyl halides is 6. The van der Waals surface area contributed by atoms with Crippen LogP contribution in [0.5, 0.6) is 5.75 Å². The molecule has 5 amide bonds. The number of aromatic amines is 1. The fraction of sp³-hybridized carbons (Fsp3) is 0.585. The van der Waals surface area contributed by atoms with Crippen molar-refractivity contribution in [3.05, 3.63) is 65.6 Å². The highest BCUT2D eigenvalue weighted by atomic mass is 32.2. The molecule has 1 fully saturated rings. The van der Waals surface area contributed by atoms with Gasteiger partial charge in [-0.05, 0) is 87.4 Å². The van der Waals surface area contributed by atoms with Gasteiger partial charge in [-0.3, -0.25) is 77.0 Å². The Bertz CT molecular complexity index is 3640. The van der Waals surface area contributed by atoms with Gasteiger partial charge in [0.05, 0.1) is 75.8 Å². The lowest BCUT2D eigenvalue weighted by Crippen LogP contribution is -2.52.